The third-order valence-electron chi connectivity index (χ3n) is 1.26. The first-order valence-corrected chi connectivity index (χ1v) is 3.45. The largest absolute Gasteiger partial charge is 0.508 e. The van der Waals surface area contributed by atoms with E-state index in [0.717, 1.165) is 5.56 Å². The molecule has 0 saturated carbocycles. The van der Waals surface area contributed by atoms with E-state index in [1.54, 1.807) is 24.3 Å². The van der Waals surface area contributed by atoms with E-state index in [0.29, 0.717) is 4.99 Å². The Hall–Kier alpha value is -1.13. The zero-order chi connectivity index (χ0) is 8.27. The summed E-state index contributed by atoms with van der Waals surface area (Å²) in [6, 6.07) is 6.49. The number of rotatable bonds is 1. The average molecular weight is 168 g/mol. The third kappa shape index (κ3) is 1.89. The first-order valence-electron chi connectivity index (χ1n) is 3.04. The summed E-state index contributed by atoms with van der Waals surface area (Å²) in [6.45, 7) is 0. The van der Waals surface area contributed by atoms with Crippen LogP contribution in [0.2, 0.25) is 0 Å². The maximum Gasteiger partial charge on any atom is 0.120 e. The number of benzene rings is 1. The minimum atomic E-state index is 0.216. The van der Waals surface area contributed by atoms with E-state index < -0.39 is 0 Å². The van der Waals surface area contributed by atoms with E-state index in [2.05, 4.69) is 5.43 Å². The highest BCUT2D eigenvalue weighted by Crippen LogP contribution is 2.09. The smallest absolute Gasteiger partial charge is 0.120 e. The minimum Gasteiger partial charge on any atom is -0.508 e. The van der Waals surface area contributed by atoms with Crippen LogP contribution in [-0.4, -0.2) is 10.1 Å². The lowest BCUT2D eigenvalue weighted by Crippen LogP contribution is -2.28. The molecule has 0 atom stereocenters. The Morgan fingerprint density at radius 2 is 1.91 bits per heavy atom. The standard InChI is InChI=1S/C7H8N2OS/c8-9-7(11)5-1-3-6(10)4-2-5/h1-4,10H,8H2,(H,9,11). The maximum atomic E-state index is 8.92. The van der Waals surface area contributed by atoms with Gasteiger partial charge in [0, 0.05) is 5.56 Å². The van der Waals surface area contributed by atoms with Crippen molar-refractivity contribution < 1.29 is 5.11 Å². The summed E-state index contributed by atoms with van der Waals surface area (Å²) in [6.07, 6.45) is 0. The molecule has 4 heteroatoms. The highest BCUT2D eigenvalue weighted by molar-refractivity contribution is 7.80. The fraction of sp³-hybridized carbons (Fsp3) is 0. The first kappa shape index (κ1) is 7.97. The van der Waals surface area contributed by atoms with Gasteiger partial charge >= 0.3 is 0 Å². The summed E-state index contributed by atoms with van der Waals surface area (Å²) < 4.78 is 0. The Balaban J connectivity index is 2.90. The highest BCUT2D eigenvalue weighted by Gasteiger charge is 1.96. The number of nitrogens with two attached hydrogens (primary N) is 1. The van der Waals surface area contributed by atoms with Crippen LogP contribution in [-0.2, 0) is 0 Å². The predicted octanol–water partition coefficient (Wildman–Crippen LogP) is 0.531. The summed E-state index contributed by atoms with van der Waals surface area (Å²) in [5.74, 6) is 5.30. The van der Waals surface area contributed by atoms with Crippen molar-refractivity contribution in [2.75, 3.05) is 0 Å². The van der Waals surface area contributed by atoms with Crippen LogP contribution in [0.1, 0.15) is 5.56 Å². The van der Waals surface area contributed by atoms with Gasteiger partial charge in [0.15, 0.2) is 0 Å². The highest BCUT2D eigenvalue weighted by atomic mass is 32.1. The van der Waals surface area contributed by atoms with Gasteiger partial charge in [0.25, 0.3) is 0 Å². The summed E-state index contributed by atoms with van der Waals surface area (Å²) in [7, 11) is 0. The van der Waals surface area contributed by atoms with E-state index in [9.17, 15) is 0 Å². The Morgan fingerprint density at radius 3 is 2.36 bits per heavy atom. The van der Waals surface area contributed by atoms with Crippen molar-refractivity contribution in [1.82, 2.24) is 5.43 Å². The molecule has 1 rings (SSSR count). The molecule has 11 heavy (non-hydrogen) atoms. The molecule has 1 aromatic rings. The molecule has 0 bridgehead atoms. The topological polar surface area (TPSA) is 58.3 Å². The molecular formula is C7H8N2OS. The van der Waals surface area contributed by atoms with Gasteiger partial charge in [0.2, 0.25) is 0 Å². The van der Waals surface area contributed by atoms with E-state index in [1.807, 2.05) is 0 Å². The van der Waals surface area contributed by atoms with Crippen LogP contribution in [0, 0.1) is 0 Å². The van der Waals surface area contributed by atoms with Crippen LogP contribution < -0.4 is 11.3 Å². The number of thiocarbonyl (C=S) groups is 1. The average Bonchev–Trinajstić information content (AvgIpc) is 2.05. The molecule has 0 spiro atoms. The molecule has 4 N–H and O–H groups in total. The number of hydrogen-bond donors (Lipinski definition) is 3. The van der Waals surface area contributed by atoms with Crippen molar-refractivity contribution in [3.63, 3.8) is 0 Å². The molecule has 0 amide bonds. The van der Waals surface area contributed by atoms with Crippen molar-refractivity contribution in [2.45, 2.75) is 0 Å². The molecule has 0 unspecified atom stereocenters. The Labute approximate surface area is 69.8 Å². The van der Waals surface area contributed by atoms with Crippen molar-refractivity contribution in [2.24, 2.45) is 5.84 Å². The Bertz CT molecular complexity index is 258. The molecule has 0 radical (unpaired) electrons. The number of phenols is 1. The monoisotopic (exact) mass is 168 g/mol. The van der Waals surface area contributed by atoms with Crippen LogP contribution in [0.5, 0.6) is 5.75 Å². The molecule has 0 aliphatic heterocycles. The van der Waals surface area contributed by atoms with Gasteiger partial charge in [-0.05, 0) is 24.3 Å². The lowest BCUT2D eigenvalue weighted by Gasteiger charge is -2.01. The van der Waals surface area contributed by atoms with Crippen LogP contribution in [0.15, 0.2) is 24.3 Å². The molecule has 0 fully saturated rings. The van der Waals surface area contributed by atoms with Gasteiger partial charge in [0.05, 0.1) is 0 Å². The summed E-state index contributed by atoms with van der Waals surface area (Å²) in [5.41, 5.74) is 3.14. The first-order chi connectivity index (χ1) is 5.24. The van der Waals surface area contributed by atoms with E-state index >= 15 is 0 Å². The summed E-state index contributed by atoms with van der Waals surface area (Å²) in [5, 5.41) is 8.92. The molecule has 0 aliphatic rings. The van der Waals surface area contributed by atoms with Gasteiger partial charge in [-0.3, -0.25) is 0 Å². The molecule has 0 aromatic heterocycles. The number of nitrogens with one attached hydrogen (secondary N) is 1. The van der Waals surface area contributed by atoms with Gasteiger partial charge in [-0.1, -0.05) is 12.2 Å². The lowest BCUT2D eigenvalue weighted by atomic mass is 10.2. The van der Waals surface area contributed by atoms with Crippen molar-refractivity contribution in [3.05, 3.63) is 29.8 Å². The third-order valence-corrected chi connectivity index (χ3v) is 1.61. The maximum absolute atomic E-state index is 8.92. The minimum absolute atomic E-state index is 0.216. The molecule has 0 heterocycles. The number of phenolic OH excluding ortho intramolecular Hbond substituents is 1. The molecule has 58 valence electrons. The van der Waals surface area contributed by atoms with Crippen LogP contribution >= 0.6 is 12.2 Å². The van der Waals surface area contributed by atoms with Crippen molar-refractivity contribution in [3.8, 4) is 5.75 Å². The normalized spacial score (nSPS) is 9.18. The fourth-order valence-corrected chi connectivity index (χ4v) is 0.832. The second kappa shape index (κ2) is 3.32. The second-order valence-electron chi connectivity index (χ2n) is 2.02. The van der Waals surface area contributed by atoms with Gasteiger partial charge in [-0.15, -0.1) is 0 Å². The zero-order valence-corrected chi connectivity index (χ0v) is 6.56. The Kier molecular flexibility index (Phi) is 2.40. The van der Waals surface area contributed by atoms with Crippen LogP contribution in [0.3, 0.4) is 0 Å². The van der Waals surface area contributed by atoms with Gasteiger partial charge < -0.3 is 10.5 Å². The fourth-order valence-electron chi connectivity index (χ4n) is 0.696. The predicted molar refractivity (Wildman–Crippen MR) is 47.1 cm³/mol. The summed E-state index contributed by atoms with van der Waals surface area (Å²) in [4.78, 5) is 0.463. The zero-order valence-electron chi connectivity index (χ0n) is 5.74. The van der Waals surface area contributed by atoms with E-state index in [4.69, 9.17) is 23.2 Å². The Morgan fingerprint density at radius 1 is 1.36 bits per heavy atom. The number of aromatic hydroxyl groups is 1. The van der Waals surface area contributed by atoms with Crippen molar-refractivity contribution in [1.29, 1.82) is 0 Å². The van der Waals surface area contributed by atoms with Gasteiger partial charge in [-0.2, -0.15) is 0 Å². The molecular weight excluding hydrogens is 160 g/mol. The summed E-state index contributed by atoms with van der Waals surface area (Å²) >= 11 is 4.85. The van der Waals surface area contributed by atoms with Crippen LogP contribution in [0.25, 0.3) is 0 Å². The number of hydrogen-bond acceptors (Lipinski definition) is 3. The SMILES string of the molecule is NNC(=S)c1ccc(O)cc1. The second-order valence-corrected chi connectivity index (χ2v) is 2.43. The molecule has 0 aliphatic carbocycles. The van der Waals surface area contributed by atoms with Gasteiger partial charge in [-0.25, -0.2) is 5.84 Å². The molecule has 1 aromatic carbocycles. The quantitative estimate of drug-likeness (QED) is 0.325. The number of hydrazine groups is 1. The molecule has 0 saturated heterocycles. The van der Waals surface area contributed by atoms with Gasteiger partial charge in [0.1, 0.15) is 10.7 Å². The van der Waals surface area contributed by atoms with E-state index in [1.165, 1.54) is 0 Å². The van der Waals surface area contributed by atoms with E-state index in [-0.39, 0.29) is 5.75 Å². The van der Waals surface area contributed by atoms with Crippen molar-refractivity contribution >= 4 is 17.2 Å². The van der Waals surface area contributed by atoms with Crippen LogP contribution in [0.4, 0.5) is 0 Å². The molecule has 3 nitrogen and oxygen atoms in total. The lowest BCUT2D eigenvalue weighted by molar-refractivity contribution is 0.475.